The maximum absolute atomic E-state index is 5.62. The number of nitrogens with one attached hydrogen (secondary N) is 1. The van der Waals surface area contributed by atoms with Crippen LogP contribution >= 0.6 is 0 Å². The van der Waals surface area contributed by atoms with Gasteiger partial charge in [0, 0.05) is 44.2 Å². The first-order valence-electron chi connectivity index (χ1n) is 9.75. The molecule has 0 bridgehead atoms. The molecule has 0 fully saturated rings. The van der Waals surface area contributed by atoms with Crippen molar-refractivity contribution in [2.75, 3.05) is 21.3 Å². The molecule has 7 heteroatoms. The number of H-pyrrole nitrogens is 1. The van der Waals surface area contributed by atoms with Gasteiger partial charge in [0.05, 0.1) is 24.0 Å². The van der Waals surface area contributed by atoms with Gasteiger partial charge in [0.25, 0.3) is 0 Å². The van der Waals surface area contributed by atoms with E-state index in [4.69, 9.17) is 19.2 Å². The third-order valence-electron chi connectivity index (χ3n) is 5.55. The molecule has 5 rings (SSSR count). The highest BCUT2D eigenvalue weighted by Gasteiger charge is 2.30. The van der Waals surface area contributed by atoms with Crippen molar-refractivity contribution >= 4 is 28.5 Å². The molecule has 0 spiro atoms. The summed E-state index contributed by atoms with van der Waals surface area (Å²) in [4.78, 5) is 17.3. The Labute approximate surface area is 174 Å². The Bertz CT molecular complexity index is 1210. The first kappa shape index (κ1) is 18.7. The average Bonchev–Trinajstić information content (AvgIpc) is 3.43. The van der Waals surface area contributed by atoms with Crippen LogP contribution in [-0.2, 0) is 20.6 Å². The van der Waals surface area contributed by atoms with Crippen LogP contribution in [0.5, 0.6) is 0 Å². The van der Waals surface area contributed by atoms with Crippen molar-refractivity contribution in [1.82, 2.24) is 15.0 Å². The van der Waals surface area contributed by atoms with Gasteiger partial charge < -0.3 is 19.2 Å². The number of pyridine rings is 1. The molecular formula is C23H22N4O3. The summed E-state index contributed by atoms with van der Waals surface area (Å²) in [5, 5.41) is 0. The molecule has 0 radical (unpaired) electrons. The fourth-order valence-electron chi connectivity index (χ4n) is 4.02. The molecule has 1 aliphatic carbocycles. The van der Waals surface area contributed by atoms with Crippen LogP contribution in [0.1, 0.15) is 11.3 Å². The molecular weight excluding hydrogens is 380 g/mol. The minimum Gasteiger partial charge on any atom is -0.498 e. The number of fused-ring (bicyclic) bond motifs is 2. The number of nitrogens with zero attached hydrogens (tertiary/aromatic N) is 3. The lowest BCUT2D eigenvalue weighted by molar-refractivity contribution is -0.0178. The number of hydrogen-bond acceptors (Lipinski definition) is 6. The SMILES string of the molecule is COC1=CC(c2nccc3[nH]c(-c4ccc5c(c4)CC=N5)nc23)=CC(OC)C1OC. The fraction of sp³-hybridized carbons (Fsp3) is 0.261. The molecule has 0 saturated heterocycles. The Morgan fingerprint density at radius 1 is 1.10 bits per heavy atom. The second-order valence-corrected chi connectivity index (χ2v) is 7.23. The second kappa shape index (κ2) is 7.51. The van der Waals surface area contributed by atoms with Crippen LogP contribution in [-0.4, -0.2) is 54.7 Å². The van der Waals surface area contributed by atoms with Crippen LogP contribution in [0.25, 0.3) is 28.0 Å². The van der Waals surface area contributed by atoms with Gasteiger partial charge in [0.1, 0.15) is 29.3 Å². The normalized spacial score (nSPS) is 20.2. The third kappa shape index (κ3) is 3.03. The number of allylic oxidation sites excluding steroid dienone is 2. The van der Waals surface area contributed by atoms with Crippen LogP contribution in [0.2, 0.25) is 0 Å². The molecule has 3 aromatic rings. The van der Waals surface area contributed by atoms with Crippen LogP contribution in [0.4, 0.5) is 5.69 Å². The Kier molecular flexibility index (Phi) is 4.69. The lowest BCUT2D eigenvalue weighted by Gasteiger charge is -2.28. The highest BCUT2D eigenvalue weighted by molar-refractivity contribution is 5.92. The molecule has 1 aliphatic heterocycles. The molecule has 2 unspecified atom stereocenters. The molecule has 30 heavy (non-hydrogen) atoms. The van der Waals surface area contributed by atoms with Crippen molar-refractivity contribution in [2.24, 2.45) is 4.99 Å². The van der Waals surface area contributed by atoms with E-state index in [1.54, 1.807) is 27.5 Å². The van der Waals surface area contributed by atoms with E-state index in [9.17, 15) is 0 Å². The van der Waals surface area contributed by atoms with Crippen LogP contribution < -0.4 is 0 Å². The summed E-state index contributed by atoms with van der Waals surface area (Å²) < 4.78 is 16.7. The number of ether oxygens (including phenoxy) is 3. The van der Waals surface area contributed by atoms with Gasteiger partial charge in [0.2, 0.25) is 0 Å². The van der Waals surface area contributed by atoms with Gasteiger partial charge in [-0.3, -0.25) is 9.98 Å². The Morgan fingerprint density at radius 3 is 2.80 bits per heavy atom. The van der Waals surface area contributed by atoms with E-state index in [1.165, 1.54) is 5.56 Å². The summed E-state index contributed by atoms with van der Waals surface area (Å²) in [6, 6.07) is 8.15. The van der Waals surface area contributed by atoms with E-state index in [0.29, 0.717) is 5.76 Å². The van der Waals surface area contributed by atoms with Crippen molar-refractivity contribution < 1.29 is 14.2 Å². The summed E-state index contributed by atoms with van der Waals surface area (Å²) >= 11 is 0. The summed E-state index contributed by atoms with van der Waals surface area (Å²) in [7, 11) is 4.93. The number of aliphatic imine (C=N–C) groups is 1. The van der Waals surface area contributed by atoms with Crippen molar-refractivity contribution in [3.8, 4) is 11.4 Å². The summed E-state index contributed by atoms with van der Waals surface area (Å²) in [6.07, 6.45) is 7.92. The molecule has 1 aromatic carbocycles. The molecule has 0 amide bonds. The number of aromatic amines is 1. The lowest BCUT2D eigenvalue weighted by atomic mass is 9.97. The minimum absolute atomic E-state index is 0.280. The zero-order valence-electron chi connectivity index (χ0n) is 17.0. The Morgan fingerprint density at radius 2 is 2.00 bits per heavy atom. The summed E-state index contributed by atoms with van der Waals surface area (Å²) in [5.74, 6) is 1.49. The maximum atomic E-state index is 5.62. The zero-order chi connectivity index (χ0) is 20.7. The number of imidazole rings is 1. The van der Waals surface area contributed by atoms with E-state index in [1.807, 2.05) is 36.6 Å². The number of hydrogen-bond donors (Lipinski definition) is 1. The van der Waals surface area contributed by atoms with E-state index < -0.39 is 0 Å². The van der Waals surface area contributed by atoms with Gasteiger partial charge in [-0.25, -0.2) is 4.98 Å². The predicted octanol–water partition coefficient (Wildman–Crippen LogP) is 3.84. The fourth-order valence-corrected chi connectivity index (χ4v) is 4.02. The molecule has 7 nitrogen and oxygen atoms in total. The van der Waals surface area contributed by atoms with Gasteiger partial charge in [0.15, 0.2) is 0 Å². The second-order valence-electron chi connectivity index (χ2n) is 7.23. The van der Waals surface area contributed by atoms with Gasteiger partial charge in [-0.15, -0.1) is 0 Å². The first-order chi connectivity index (χ1) is 14.7. The van der Waals surface area contributed by atoms with E-state index in [2.05, 4.69) is 21.0 Å². The molecule has 0 saturated carbocycles. The van der Waals surface area contributed by atoms with Crippen LogP contribution in [0.3, 0.4) is 0 Å². The molecule has 3 heterocycles. The topological polar surface area (TPSA) is 81.6 Å². The number of methoxy groups -OCH3 is 3. The van der Waals surface area contributed by atoms with Gasteiger partial charge in [-0.05, 0) is 42.0 Å². The van der Waals surface area contributed by atoms with Gasteiger partial charge >= 0.3 is 0 Å². The number of benzene rings is 1. The molecule has 152 valence electrons. The number of aromatic nitrogens is 3. The molecule has 1 N–H and O–H groups in total. The minimum atomic E-state index is -0.300. The van der Waals surface area contributed by atoms with Gasteiger partial charge in [-0.2, -0.15) is 0 Å². The van der Waals surface area contributed by atoms with Crippen molar-refractivity contribution in [1.29, 1.82) is 0 Å². The summed E-state index contributed by atoms with van der Waals surface area (Å²) in [5.41, 5.74) is 6.64. The van der Waals surface area contributed by atoms with E-state index in [-0.39, 0.29) is 12.2 Å². The summed E-state index contributed by atoms with van der Waals surface area (Å²) in [6.45, 7) is 0. The largest absolute Gasteiger partial charge is 0.498 e. The smallest absolute Gasteiger partial charge is 0.144 e. The highest BCUT2D eigenvalue weighted by Crippen LogP contribution is 2.33. The van der Waals surface area contributed by atoms with E-state index in [0.717, 1.165) is 45.8 Å². The first-order valence-corrected chi connectivity index (χ1v) is 9.75. The average molecular weight is 402 g/mol. The molecule has 2 aromatic heterocycles. The molecule has 2 atom stereocenters. The zero-order valence-corrected chi connectivity index (χ0v) is 17.0. The van der Waals surface area contributed by atoms with Crippen molar-refractivity contribution in [3.05, 3.63) is 59.6 Å². The van der Waals surface area contributed by atoms with Crippen LogP contribution in [0, 0.1) is 0 Å². The quantitative estimate of drug-likeness (QED) is 0.701. The predicted molar refractivity (Wildman–Crippen MR) is 116 cm³/mol. The van der Waals surface area contributed by atoms with Crippen LogP contribution in [0.15, 0.2) is 53.4 Å². The Hall–Kier alpha value is -3.29. The van der Waals surface area contributed by atoms with Gasteiger partial charge in [-0.1, -0.05) is 0 Å². The number of rotatable bonds is 5. The van der Waals surface area contributed by atoms with Crippen molar-refractivity contribution in [3.63, 3.8) is 0 Å². The Balaban J connectivity index is 1.59. The lowest BCUT2D eigenvalue weighted by Crippen LogP contribution is -2.33. The third-order valence-corrected chi connectivity index (χ3v) is 5.55. The maximum Gasteiger partial charge on any atom is 0.144 e. The van der Waals surface area contributed by atoms with Crippen molar-refractivity contribution in [2.45, 2.75) is 18.6 Å². The molecule has 2 aliphatic rings. The van der Waals surface area contributed by atoms with E-state index >= 15 is 0 Å². The monoisotopic (exact) mass is 402 g/mol. The standard InChI is InChI=1S/C23H22N4O3/c1-28-18-11-15(12-19(29-2)22(18)30-3)20-21-17(7-9-25-20)26-23(27-21)14-4-5-16-13(10-14)6-8-24-16/h4-5,7-12,18,22H,6H2,1-3H3,(H,26,27). The highest BCUT2D eigenvalue weighted by atomic mass is 16.6.